The molecular formula is C13H21N5O3. The molecule has 116 valence electrons. The summed E-state index contributed by atoms with van der Waals surface area (Å²) in [6.07, 6.45) is 4.30. The Kier molecular flexibility index (Phi) is 5.15. The van der Waals surface area contributed by atoms with Gasteiger partial charge in [-0.3, -0.25) is 9.69 Å². The molecule has 0 bridgehead atoms. The van der Waals surface area contributed by atoms with Crippen LogP contribution < -0.4 is 5.32 Å². The molecule has 1 fully saturated rings. The lowest BCUT2D eigenvalue weighted by atomic mass is 10.3. The van der Waals surface area contributed by atoms with Crippen molar-refractivity contribution in [1.29, 1.82) is 0 Å². The van der Waals surface area contributed by atoms with E-state index in [1.807, 2.05) is 22.7 Å². The van der Waals surface area contributed by atoms with Gasteiger partial charge in [-0.1, -0.05) is 0 Å². The van der Waals surface area contributed by atoms with Crippen LogP contribution in [-0.4, -0.2) is 75.7 Å². The highest BCUT2D eigenvalue weighted by Gasteiger charge is 2.21. The lowest BCUT2D eigenvalue weighted by Gasteiger charge is -2.33. The lowest BCUT2D eigenvalue weighted by Crippen LogP contribution is -2.52. The molecule has 2 heterocycles. The van der Waals surface area contributed by atoms with E-state index in [2.05, 4.69) is 10.3 Å². The largest absolute Gasteiger partial charge is 0.480 e. The van der Waals surface area contributed by atoms with Crippen LogP contribution in [0.25, 0.3) is 0 Å². The maximum atomic E-state index is 12.0. The average molecular weight is 295 g/mol. The second kappa shape index (κ2) is 7.07. The maximum Gasteiger partial charge on any atom is 0.317 e. The summed E-state index contributed by atoms with van der Waals surface area (Å²) in [4.78, 5) is 30.4. The number of urea groups is 1. The predicted molar refractivity (Wildman–Crippen MR) is 76.0 cm³/mol. The number of rotatable bonds is 5. The minimum atomic E-state index is -0.831. The van der Waals surface area contributed by atoms with Gasteiger partial charge >= 0.3 is 12.0 Å². The minimum Gasteiger partial charge on any atom is -0.480 e. The summed E-state index contributed by atoms with van der Waals surface area (Å²) >= 11 is 0. The molecule has 2 N–H and O–H groups in total. The van der Waals surface area contributed by atoms with Crippen molar-refractivity contribution in [3.05, 3.63) is 18.2 Å². The van der Waals surface area contributed by atoms with Crippen LogP contribution in [0.3, 0.4) is 0 Å². The first-order chi connectivity index (χ1) is 10.1. The van der Waals surface area contributed by atoms with Gasteiger partial charge in [0.25, 0.3) is 0 Å². The van der Waals surface area contributed by atoms with Crippen LogP contribution in [0.5, 0.6) is 0 Å². The number of aryl methyl sites for hydroxylation is 1. The van der Waals surface area contributed by atoms with Gasteiger partial charge in [0, 0.05) is 58.6 Å². The summed E-state index contributed by atoms with van der Waals surface area (Å²) in [5, 5.41) is 11.6. The van der Waals surface area contributed by atoms with E-state index in [4.69, 9.17) is 5.11 Å². The third kappa shape index (κ3) is 4.45. The molecule has 0 radical (unpaired) electrons. The molecule has 1 aromatic rings. The number of aromatic nitrogens is 2. The third-order valence-electron chi connectivity index (χ3n) is 3.56. The minimum absolute atomic E-state index is 0.0363. The van der Waals surface area contributed by atoms with E-state index in [9.17, 15) is 9.59 Å². The van der Waals surface area contributed by atoms with Crippen LogP contribution in [0.15, 0.2) is 12.4 Å². The molecule has 1 aliphatic heterocycles. The van der Waals surface area contributed by atoms with Gasteiger partial charge < -0.3 is 19.9 Å². The zero-order chi connectivity index (χ0) is 15.2. The summed E-state index contributed by atoms with van der Waals surface area (Å²) in [5.41, 5.74) is 0. The molecule has 8 heteroatoms. The SMILES string of the molecule is Cn1ccnc1CCNC(=O)N1CCN(CC(=O)O)CC1. The Bertz CT molecular complexity index is 494. The molecule has 0 atom stereocenters. The van der Waals surface area contributed by atoms with Crippen molar-refractivity contribution in [2.24, 2.45) is 7.05 Å². The molecule has 0 spiro atoms. The molecule has 21 heavy (non-hydrogen) atoms. The van der Waals surface area contributed by atoms with E-state index in [1.54, 1.807) is 11.1 Å². The summed E-state index contributed by atoms with van der Waals surface area (Å²) in [7, 11) is 1.92. The number of nitrogens with zero attached hydrogens (tertiary/aromatic N) is 4. The molecular weight excluding hydrogens is 274 g/mol. The van der Waals surface area contributed by atoms with Crippen LogP contribution >= 0.6 is 0 Å². The van der Waals surface area contributed by atoms with Crippen LogP contribution in [0.1, 0.15) is 5.82 Å². The number of amides is 2. The maximum absolute atomic E-state index is 12.0. The topological polar surface area (TPSA) is 90.7 Å². The predicted octanol–water partition coefficient (Wildman–Crippen LogP) is -0.626. The number of aliphatic carboxylic acids is 1. The van der Waals surface area contributed by atoms with Gasteiger partial charge in [0.2, 0.25) is 0 Å². The quantitative estimate of drug-likeness (QED) is 0.755. The molecule has 1 saturated heterocycles. The van der Waals surface area contributed by atoms with Crippen molar-refractivity contribution >= 4 is 12.0 Å². The Morgan fingerprint density at radius 1 is 1.33 bits per heavy atom. The molecule has 8 nitrogen and oxygen atoms in total. The normalized spacial score (nSPS) is 16.0. The fourth-order valence-corrected chi connectivity index (χ4v) is 2.33. The first kappa shape index (κ1) is 15.3. The highest BCUT2D eigenvalue weighted by atomic mass is 16.4. The first-order valence-corrected chi connectivity index (χ1v) is 6.99. The van der Waals surface area contributed by atoms with Crippen LogP contribution in [0.2, 0.25) is 0 Å². The molecule has 1 aliphatic rings. The summed E-state index contributed by atoms with van der Waals surface area (Å²) in [6, 6.07) is -0.0980. The van der Waals surface area contributed by atoms with Crippen molar-refractivity contribution < 1.29 is 14.7 Å². The number of carbonyl (C=O) groups excluding carboxylic acids is 1. The van der Waals surface area contributed by atoms with Gasteiger partial charge in [-0.05, 0) is 0 Å². The third-order valence-corrected chi connectivity index (χ3v) is 3.56. The van der Waals surface area contributed by atoms with Gasteiger partial charge in [-0.25, -0.2) is 9.78 Å². The van der Waals surface area contributed by atoms with E-state index < -0.39 is 5.97 Å². The highest BCUT2D eigenvalue weighted by molar-refractivity contribution is 5.74. The molecule has 2 amide bonds. The second-order valence-electron chi connectivity index (χ2n) is 5.09. The van der Waals surface area contributed by atoms with Crippen molar-refractivity contribution in [3.8, 4) is 0 Å². The smallest absolute Gasteiger partial charge is 0.317 e. The number of carboxylic acid groups (broad SMARTS) is 1. The molecule has 0 unspecified atom stereocenters. The summed E-state index contributed by atoms with van der Waals surface area (Å²) < 4.78 is 1.93. The number of hydrogen-bond acceptors (Lipinski definition) is 4. The van der Waals surface area contributed by atoms with E-state index in [0.29, 0.717) is 39.1 Å². The Hall–Kier alpha value is -2.09. The van der Waals surface area contributed by atoms with Gasteiger partial charge in [-0.2, -0.15) is 0 Å². The van der Waals surface area contributed by atoms with Crippen LogP contribution in [-0.2, 0) is 18.3 Å². The number of hydrogen-bond donors (Lipinski definition) is 2. The zero-order valence-corrected chi connectivity index (χ0v) is 12.2. The molecule has 1 aromatic heterocycles. The summed E-state index contributed by atoms with van der Waals surface area (Å²) in [6.45, 7) is 2.88. The number of piperazine rings is 1. The van der Waals surface area contributed by atoms with E-state index in [1.165, 1.54) is 0 Å². The fraction of sp³-hybridized carbons (Fsp3) is 0.615. The lowest BCUT2D eigenvalue weighted by molar-refractivity contribution is -0.138. The number of imidazole rings is 1. The van der Waals surface area contributed by atoms with Crippen LogP contribution in [0.4, 0.5) is 4.79 Å². The molecule has 2 rings (SSSR count). The molecule has 0 aromatic carbocycles. The average Bonchev–Trinajstić information content (AvgIpc) is 2.84. The van der Waals surface area contributed by atoms with E-state index >= 15 is 0 Å². The number of carbonyl (C=O) groups is 2. The number of carboxylic acids is 1. The Morgan fingerprint density at radius 2 is 2.05 bits per heavy atom. The van der Waals surface area contributed by atoms with Gasteiger partial charge in [-0.15, -0.1) is 0 Å². The van der Waals surface area contributed by atoms with Gasteiger partial charge in [0.15, 0.2) is 0 Å². The molecule has 0 saturated carbocycles. The van der Waals surface area contributed by atoms with Crippen molar-refractivity contribution in [2.45, 2.75) is 6.42 Å². The number of nitrogens with one attached hydrogen (secondary N) is 1. The second-order valence-corrected chi connectivity index (χ2v) is 5.09. The van der Waals surface area contributed by atoms with Crippen molar-refractivity contribution in [2.75, 3.05) is 39.3 Å². The van der Waals surface area contributed by atoms with Crippen molar-refractivity contribution in [1.82, 2.24) is 24.7 Å². The van der Waals surface area contributed by atoms with Crippen molar-refractivity contribution in [3.63, 3.8) is 0 Å². The zero-order valence-electron chi connectivity index (χ0n) is 12.2. The van der Waals surface area contributed by atoms with Gasteiger partial charge in [0.1, 0.15) is 5.82 Å². The van der Waals surface area contributed by atoms with Gasteiger partial charge in [0.05, 0.1) is 6.54 Å². The Morgan fingerprint density at radius 3 is 2.62 bits per heavy atom. The van der Waals surface area contributed by atoms with E-state index in [-0.39, 0.29) is 12.6 Å². The fourth-order valence-electron chi connectivity index (χ4n) is 2.33. The first-order valence-electron chi connectivity index (χ1n) is 6.99. The highest BCUT2D eigenvalue weighted by Crippen LogP contribution is 2.02. The Labute approximate surface area is 123 Å². The molecule has 0 aliphatic carbocycles. The van der Waals surface area contributed by atoms with E-state index in [0.717, 1.165) is 5.82 Å². The summed E-state index contributed by atoms with van der Waals surface area (Å²) in [5.74, 6) is 0.101. The Balaban J connectivity index is 1.68. The monoisotopic (exact) mass is 295 g/mol. The van der Waals surface area contributed by atoms with Crippen LogP contribution in [0, 0.1) is 0 Å². The standard InChI is InChI=1S/C13H21N5O3/c1-16-5-4-14-11(16)2-3-15-13(21)18-8-6-17(7-9-18)10-12(19)20/h4-5H,2-3,6-10H2,1H3,(H,15,21)(H,19,20).